The van der Waals surface area contributed by atoms with Gasteiger partial charge in [0.05, 0.1) is 26.0 Å². The molecule has 6 nitrogen and oxygen atoms in total. The number of H-pyrrole nitrogens is 1. The summed E-state index contributed by atoms with van der Waals surface area (Å²) < 4.78 is 10.9. The molecule has 2 heterocycles. The first-order valence-corrected chi connectivity index (χ1v) is 8.16. The maximum atomic E-state index is 9.88. The fraction of sp³-hybridized carbons (Fsp3) is 0.316. The van der Waals surface area contributed by atoms with Crippen LogP contribution in [0.4, 0.5) is 0 Å². The maximum absolute atomic E-state index is 9.88. The number of aromatic amines is 1. The van der Waals surface area contributed by atoms with E-state index in [0.717, 1.165) is 34.1 Å². The fourth-order valence-electron chi connectivity index (χ4n) is 2.92. The van der Waals surface area contributed by atoms with Crippen molar-refractivity contribution in [3.63, 3.8) is 0 Å². The molecule has 2 aromatic heterocycles. The number of ether oxygens (including phenoxy) is 1. The summed E-state index contributed by atoms with van der Waals surface area (Å²) in [7, 11) is 3.62. The first kappa shape index (κ1) is 17.3. The second-order valence-corrected chi connectivity index (χ2v) is 6.07. The third kappa shape index (κ3) is 3.75. The minimum atomic E-state index is -0.119. The Morgan fingerprint density at radius 2 is 2.00 bits per heavy atom. The molecule has 0 aliphatic carbocycles. The van der Waals surface area contributed by atoms with Crippen LogP contribution in [0.15, 0.2) is 47.0 Å². The minimum Gasteiger partial charge on any atom is -0.497 e. The number of nitrogens with zero attached hydrogens (tertiary/aromatic N) is 2. The zero-order chi connectivity index (χ0) is 17.8. The Balaban J connectivity index is 1.78. The summed E-state index contributed by atoms with van der Waals surface area (Å²) in [4.78, 5) is 2.09. The van der Waals surface area contributed by atoms with Gasteiger partial charge in [0.1, 0.15) is 17.2 Å². The number of furan rings is 1. The monoisotopic (exact) mass is 341 g/mol. The van der Waals surface area contributed by atoms with Gasteiger partial charge in [-0.05, 0) is 43.8 Å². The first-order chi connectivity index (χ1) is 12.1. The Labute approximate surface area is 147 Å². The number of methoxy groups -OCH3 is 1. The third-order valence-electron chi connectivity index (χ3n) is 4.33. The lowest BCUT2D eigenvalue weighted by Crippen LogP contribution is -2.27. The predicted molar refractivity (Wildman–Crippen MR) is 95.3 cm³/mol. The number of aliphatic hydroxyl groups excluding tert-OH is 1. The van der Waals surface area contributed by atoms with Crippen molar-refractivity contribution in [2.45, 2.75) is 19.5 Å². The van der Waals surface area contributed by atoms with E-state index in [1.807, 2.05) is 50.4 Å². The van der Waals surface area contributed by atoms with Gasteiger partial charge >= 0.3 is 0 Å². The van der Waals surface area contributed by atoms with Gasteiger partial charge in [-0.15, -0.1) is 0 Å². The van der Waals surface area contributed by atoms with E-state index in [4.69, 9.17) is 9.15 Å². The van der Waals surface area contributed by atoms with Crippen molar-refractivity contribution in [3.05, 3.63) is 59.5 Å². The number of hydrogen-bond donors (Lipinski definition) is 2. The van der Waals surface area contributed by atoms with Crippen molar-refractivity contribution in [1.29, 1.82) is 0 Å². The quantitative estimate of drug-likeness (QED) is 0.690. The molecule has 0 saturated carbocycles. The number of aryl methyl sites for hydroxylation is 1. The highest BCUT2D eigenvalue weighted by Crippen LogP contribution is 2.27. The SMILES string of the molecule is COc1ccc(C(CO)N(C)Cc2cn[nH]c2-c2ccc(C)o2)cc1. The summed E-state index contributed by atoms with van der Waals surface area (Å²) in [5.41, 5.74) is 2.92. The zero-order valence-corrected chi connectivity index (χ0v) is 14.7. The minimum absolute atomic E-state index is 0.0237. The number of aliphatic hydroxyl groups is 1. The van der Waals surface area contributed by atoms with Crippen LogP contribution in [-0.2, 0) is 6.54 Å². The highest BCUT2D eigenvalue weighted by Gasteiger charge is 2.19. The van der Waals surface area contributed by atoms with Gasteiger partial charge in [0.15, 0.2) is 5.76 Å². The number of aromatic nitrogens is 2. The molecule has 1 unspecified atom stereocenters. The van der Waals surface area contributed by atoms with Crippen LogP contribution in [0.5, 0.6) is 5.75 Å². The molecule has 2 N–H and O–H groups in total. The van der Waals surface area contributed by atoms with E-state index in [9.17, 15) is 5.11 Å². The van der Waals surface area contributed by atoms with Crippen LogP contribution >= 0.6 is 0 Å². The van der Waals surface area contributed by atoms with Crippen LogP contribution < -0.4 is 4.74 Å². The van der Waals surface area contributed by atoms with Gasteiger partial charge < -0.3 is 14.3 Å². The molecule has 1 atom stereocenters. The molecular formula is C19H23N3O3. The Hall–Kier alpha value is -2.57. The smallest absolute Gasteiger partial charge is 0.152 e. The van der Waals surface area contributed by atoms with E-state index in [1.54, 1.807) is 13.3 Å². The molecule has 0 radical (unpaired) electrons. The van der Waals surface area contributed by atoms with E-state index >= 15 is 0 Å². The van der Waals surface area contributed by atoms with Gasteiger partial charge in [0, 0.05) is 12.1 Å². The molecule has 0 saturated heterocycles. The van der Waals surface area contributed by atoms with E-state index in [-0.39, 0.29) is 12.6 Å². The molecule has 0 bridgehead atoms. The number of benzene rings is 1. The number of rotatable bonds is 7. The van der Waals surface area contributed by atoms with Crippen molar-refractivity contribution in [2.24, 2.45) is 0 Å². The number of hydrogen-bond acceptors (Lipinski definition) is 5. The summed E-state index contributed by atoms with van der Waals surface area (Å²) in [5, 5.41) is 17.0. The average Bonchev–Trinajstić information content (AvgIpc) is 3.25. The summed E-state index contributed by atoms with van der Waals surface area (Å²) in [6.07, 6.45) is 1.80. The van der Waals surface area contributed by atoms with Crippen LogP contribution in [-0.4, -0.2) is 41.0 Å². The number of nitrogens with one attached hydrogen (secondary N) is 1. The van der Waals surface area contributed by atoms with Gasteiger partial charge in [-0.3, -0.25) is 10.00 Å². The Bertz CT molecular complexity index is 807. The van der Waals surface area contributed by atoms with E-state index < -0.39 is 0 Å². The molecule has 3 aromatic rings. The van der Waals surface area contributed by atoms with Crippen LogP contribution in [0, 0.1) is 6.92 Å². The lowest BCUT2D eigenvalue weighted by atomic mass is 10.1. The lowest BCUT2D eigenvalue weighted by Gasteiger charge is -2.26. The maximum Gasteiger partial charge on any atom is 0.152 e. The largest absolute Gasteiger partial charge is 0.497 e. The Kier molecular flexibility index (Phi) is 5.21. The van der Waals surface area contributed by atoms with Crippen LogP contribution in [0.2, 0.25) is 0 Å². The Morgan fingerprint density at radius 1 is 1.24 bits per heavy atom. The summed E-state index contributed by atoms with van der Waals surface area (Å²) in [6, 6.07) is 11.5. The van der Waals surface area contributed by atoms with Crippen LogP contribution in [0.3, 0.4) is 0 Å². The van der Waals surface area contributed by atoms with E-state index in [0.29, 0.717) is 6.54 Å². The van der Waals surface area contributed by atoms with Crippen LogP contribution in [0.25, 0.3) is 11.5 Å². The zero-order valence-electron chi connectivity index (χ0n) is 14.7. The standard InChI is InChI=1S/C19H23N3O3/c1-13-4-9-18(25-13)19-15(10-20-21-19)11-22(2)17(12-23)14-5-7-16(24-3)8-6-14/h4-10,17,23H,11-12H2,1-3H3,(H,20,21). The van der Waals surface area contributed by atoms with Gasteiger partial charge in [-0.2, -0.15) is 5.10 Å². The fourth-order valence-corrected chi connectivity index (χ4v) is 2.92. The molecule has 3 rings (SSSR count). The summed E-state index contributed by atoms with van der Waals surface area (Å²) >= 11 is 0. The summed E-state index contributed by atoms with van der Waals surface area (Å²) in [6.45, 7) is 2.57. The van der Waals surface area contributed by atoms with Gasteiger partial charge in [0.25, 0.3) is 0 Å². The molecule has 1 aromatic carbocycles. The molecule has 132 valence electrons. The van der Waals surface area contributed by atoms with E-state index in [1.165, 1.54) is 0 Å². The third-order valence-corrected chi connectivity index (χ3v) is 4.33. The molecule has 25 heavy (non-hydrogen) atoms. The Morgan fingerprint density at radius 3 is 2.60 bits per heavy atom. The molecule has 6 heteroatoms. The lowest BCUT2D eigenvalue weighted by molar-refractivity contribution is 0.142. The van der Waals surface area contributed by atoms with Crippen molar-refractivity contribution in [1.82, 2.24) is 15.1 Å². The van der Waals surface area contributed by atoms with Crippen molar-refractivity contribution in [2.75, 3.05) is 20.8 Å². The second kappa shape index (κ2) is 7.55. The van der Waals surface area contributed by atoms with Gasteiger partial charge in [-0.1, -0.05) is 12.1 Å². The van der Waals surface area contributed by atoms with Gasteiger partial charge in [-0.25, -0.2) is 0 Å². The highest BCUT2D eigenvalue weighted by atomic mass is 16.5. The summed E-state index contributed by atoms with van der Waals surface area (Å²) in [5.74, 6) is 2.42. The predicted octanol–water partition coefficient (Wildman–Crippen LogP) is 3.15. The second-order valence-electron chi connectivity index (χ2n) is 6.07. The number of likely N-dealkylation sites (N-methyl/N-ethyl adjacent to an activating group) is 1. The van der Waals surface area contributed by atoms with Crippen molar-refractivity contribution < 1.29 is 14.3 Å². The first-order valence-electron chi connectivity index (χ1n) is 8.16. The molecule has 0 fully saturated rings. The van der Waals surface area contributed by atoms with Crippen molar-refractivity contribution in [3.8, 4) is 17.2 Å². The van der Waals surface area contributed by atoms with Gasteiger partial charge in [0.2, 0.25) is 0 Å². The molecule has 0 spiro atoms. The molecule has 0 aliphatic heterocycles. The van der Waals surface area contributed by atoms with E-state index in [2.05, 4.69) is 15.1 Å². The van der Waals surface area contributed by atoms with Crippen molar-refractivity contribution >= 4 is 0 Å². The molecule has 0 aliphatic rings. The highest BCUT2D eigenvalue weighted by molar-refractivity contribution is 5.56. The van der Waals surface area contributed by atoms with Crippen LogP contribution in [0.1, 0.15) is 22.9 Å². The topological polar surface area (TPSA) is 74.5 Å². The molecule has 0 amide bonds. The molecular weight excluding hydrogens is 318 g/mol. The normalized spacial score (nSPS) is 12.5. The average molecular weight is 341 g/mol.